The minimum absolute atomic E-state index is 0.344. The highest BCUT2D eigenvalue weighted by atomic mass is 32.2. The molecule has 6 heteroatoms. The van der Waals surface area contributed by atoms with Gasteiger partial charge in [0.05, 0.1) is 10.6 Å². The molecule has 1 aliphatic rings. The number of hydrogen-bond acceptors (Lipinski definition) is 3. The molecule has 4 rings (SSSR count). The lowest BCUT2D eigenvalue weighted by atomic mass is 10.0. The largest absolute Gasteiger partial charge is 0.306 e. The summed E-state index contributed by atoms with van der Waals surface area (Å²) >= 11 is 0. The van der Waals surface area contributed by atoms with Crippen LogP contribution in [0.3, 0.4) is 0 Å². The molecule has 0 aliphatic carbocycles. The van der Waals surface area contributed by atoms with Gasteiger partial charge < -0.3 is 4.40 Å². The highest BCUT2D eigenvalue weighted by molar-refractivity contribution is 7.89. The Morgan fingerprint density at radius 3 is 2.84 bits per heavy atom. The van der Waals surface area contributed by atoms with E-state index in [2.05, 4.69) is 11.9 Å². The zero-order valence-corrected chi connectivity index (χ0v) is 15.0. The molecule has 3 aromatic rings. The van der Waals surface area contributed by atoms with E-state index in [0.29, 0.717) is 23.9 Å². The molecule has 1 unspecified atom stereocenters. The van der Waals surface area contributed by atoms with Gasteiger partial charge in [-0.15, -0.1) is 0 Å². The van der Waals surface area contributed by atoms with Gasteiger partial charge in [-0.2, -0.15) is 4.31 Å². The van der Waals surface area contributed by atoms with Gasteiger partial charge >= 0.3 is 0 Å². The zero-order chi connectivity index (χ0) is 17.4. The van der Waals surface area contributed by atoms with Crippen LogP contribution in [0.4, 0.5) is 0 Å². The van der Waals surface area contributed by atoms with Gasteiger partial charge in [-0.05, 0) is 43.0 Å². The van der Waals surface area contributed by atoms with Gasteiger partial charge in [0.25, 0.3) is 0 Å². The van der Waals surface area contributed by atoms with Crippen molar-refractivity contribution in [2.75, 3.05) is 13.1 Å². The topological polar surface area (TPSA) is 54.7 Å². The van der Waals surface area contributed by atoms with Crippen LogP contribution >= 0.6 is 0 Å². The third kappa shape index (κ3) is 3.07. The molecule has 1 saturated heterocycles. The number of rotatable bonds is 3. The van der Waals surface area contributed by atoms with Crippen LogP contribution in [0.1, 0.15) is 19.8 Å². The van der Waals surface area contributed by atoms with Gasteiger partial charge in [0.2, 0.25) is 10.0 Å². The van der Waals surface area contributed by atoms with Crippen molar-refractivity contribution in [1.29, 1.82) is 0 Å². The van der Waals surface area contributed by atoms with Crippen LogP contribution in [0.5, 0.6) is 0 Å². The van der Waals surface area contributed by atoms with E-state index in [-0.39, 0.29) is 0 Å². The minimum Gasteiger partial charge on any atom is -0.306 e. The smallest absolute Gasteiger partial charge is 0.243 e. The first-order chi connectivity index (χ1) is 12.0. The molecule has 0 spiro atoms. The molecule has 3 heterocycles. The summed E-state index contributed by atoms with van der Waals surface area (Å²) in [7, 11) is -3.46. The lowest BCUT2D eigenvalue weighted by Gasteiger charge is -2.30. The summed E-state index contributed by atoms with van der Waals surface area (Å²) in [5, 5.41) is 0. The van der Waals surface area contributed by atoms with Crippen LogP contribution in [0.15, 0.2) is 59.8 Å². The van der Waals surface area contributed by atoms with Crippen molar-refractivity contribution in [1.82, 2.24) is 13.7 Å². The van der Waals surface area contributed by atoms with Crippen molar-refractivity contribution in [2.45, 2.75) is 24.7 Å². The van der Waals surface area contributed by atoms with Crippen molar-refractivity contribution in [3.8, 4) is 11.3 Å². The van der Waals surface area contributed by atoms with Crippen LogP contribution in [0.2, 0.25) is 0 Å². The van der Waals surface area contributed by atoms with E-state index < -0.39 is 10.0 Å². The summed E-state index contributed by atoms with van der Waals surface area (Å²) in [5.74, 6) is 0.408. The Bertz CT molecular complexity index is 977. The van der Waals surface area contributed by atoms with Gasteiger partial charge in [0.1, 0.15) is 5.65 Å². The average Bonchev–Trinajstić information content (AvgIpc) is 3.06. The Morgan fingerprint density at radius 1 is 1.16 bits per heavy atom. The Hall–Kier alpha value is -2.18. The van der Waals surface area contributed by atoms with Crippen LogP contribution < -0.4 is 0 Å². The molecule has 1 atom stereocenters. The molecule has 130 valence electrons. The molecule has 25 heavy (non-hydrogen) atoms. The maximum absolute atomic E-state index is 13.0. The van der Waals surface area contributed by atoms with Gasteiger partial charge in [-0.25, -0.2) is 13.4 Å². The Morgan fingerprint density at radius 2 is 2.04 bits per heavy atom. The predicted molar refractivity (Wildman–Crippen MR) is 97.8 cm³/mol. The monoisotopic (exact) mass is 355 g/mol. The van der Waals surface area contributed by atoms with Gasteiger partial charge in [-0.1, -0.05) is 25.1 Å². The lowest BCUT2D eigenvalue weighted by Crippen LogP contribution is -2.39. The van der Waals surface area contributed by atoms with Crippen molar-refractivity contribution in [3.63, 3.8) is 0 Å². The van der Waals surface area contributed by atoms with Crippen LogP contribution in [0.25, 0.3) is 16.9 Å². The third-order valence-corrected chi connectivity index (χ3v) is 6.61. The van der Waals surface area contributed by atoms with Gasteiger partial charge in [-0.3, -0.25) is 0 Å². The standard InChI is InChI=1S/C19H21N3O2S/c1-15-6-5-11-22(13-15)25(23,24)17-8-4-7-16(12-17)18-14-21-10-3-2-9-19(21)20-18/h2-4,7-10,12,14-15H,5-6,11,13H2,1H3. The summed E-state index contributed by atoms with van der Waals surface area (Å²) < 4.78 is 29.5. The number of benzene rings is 1. The summed E-state index contributed by atoms with van der Waals surface area (Å²) in [6.45, 7) is 3.31. The van der Waals surface area contributed by atoms with Crippen molar-refractivity contribution in [2.24, 2.45) is 5.92 Å². The molecule has 1 aromatic carbocycles. The number of piperidine rings is 1. The molecule has 0 saturated carbocycles. The molecular formula is C19H21N3O2S. The van der Waals surface area contributed by atoms with Crippen LogP contribution in [-0.2, 0) is 10.0 Å². The molecule has 1 fully saturated rings. The number of pyridine rings is 1. The molecule has 0 bridgehead atoms. The number of nitrogens with zero attached hydrogens (tertiary/aromatic N) is 3. The first-order valence-corrected chi connectivity index (χ1v) is 10.0. The predicted octanol–water partition coefficient (Wildman–Crippen LogP) is 3.42. The van der Waals surface area contributed by atoms with Crippen LogP contribution in [0, 0.1) is 5.92 Å². The highest BCUT2D eigenvalue weighted by Crippen LogP contribution is 2.27. The van der Waals surface area contributed by atoms with E-state index in [9.17, 15) is 8.42 Å². The SMILES string of the molecule is CC1CCCN(S(=O)(=O)c2cccc(-c3cn4ccccc4n3)c2)C1. The first-order valence-electron chi connectivity index (χ1n) is 8.58. The molecule has 0 N–H and O–H groups in total. The summed E-state index contributed by atoms with van der Waals surface area (Å²) in [4.78, 5) is 4.93. The van der Waals surface area contributed by atoms with Crippen molar-refractivity contribution in [3.05, 3.63) is 54.9 Å². The fourth-order valence-corrected chi connectivity index (χ4v) is 5.05. The van der Waals surface area contributed by atoms with E-state index in [1.54, 1.807) is 22.5 Å². The summed E-state index contributed by atoms with van der Waals surface area (Å²) in [6, 6.07) is 12.9. The molecule has 2 aromatic heterocycles. The number of sulfonamides is 1. The molecule has 0 amide bonds. The highest BCUT2D eigenvalue weighted by Gasteiger charge is 2.28. The Balaban J connectivity index is 1.71. The van der Waals surface area contributed by atoms with Crippen LogP contribution in [-0.4, -0.2) is 35.2 Å². The maximum atomic E-state index is 13.0. The van der Waals surface area contributed by atoms with Gasteiger partial charge in [0, 0.05) is 31.0 Å². The fourth-order valence-electron chi connectivity index (χ4n) is 3.40. The van der Waals surface area contributed by atoms with E-state index in [1.807, 2.05) is 41.1 Å². The summed E-state index contributed by atoms with van der Waals surface area (Å²) in [6.07, 6.45) is 5.87. The number of imidazole rings is 1. The molecule has 5 nitrogen and oxygen atoms in total. The van der Waals surface area contributed by atoms with E-state index in [0.717, 1.165) is 29.7 Å². The van der Waals surface area contributed by atoms with Crippen molar-refractivity contribution < 1.29 is 8.42 Å². The quantitative estimate of drug-likeness (QED) is 0.723. The van der Waals surface area contributed by atoms with E-state index in [4.69, 9.17) is 0 Å². The van der Waals surface area contributed by atoms with E-state index in [1.165, 1.54) is 0 Å². The van der Waals surface area contributed by atoms with Crippen molar-refractivity contribution >= 4 is 15.7 Å². The van der Waals surface area contributed by atoms with Gasteiger partial charge in [0.15, 0.2) is 0 Å². The number of fused-ring (bicyclic) bond motifs is 1. The Kier molecular flexibility index (Phi) is 4.09. The zero-order valence-electron chi connectivity index (χ0n) is 14.2. The maximum Gasteiger partial charge on any atom is 0.243 e. The second-order valence-corrected chi connectivity index (χ2v) is 8.67. The molecular weight excluding hydrogens is 334 g/mol. The summed E-state index contributed by atoms with van der Waals surface area (Å²) in [5.41, 5.74) is 2.43. The second-order valence-electron chi connectivity index (χ2n) is 6.73. The molecule has 1 aliphatic heterocycles. The number of aromatic nitrogens is 2. The second kappa shape index (κ2) is 6.28. The average molecular weight is 355 g/mol. The Labute approximate surface area is 148 Å². The molecule has 0 radical (unpaired) electrons. The normalized spacial score (nSPS) is 19.3. The minimum atomic E-state index is -3.46. The number of hydrogen-bond donors (Lipinski definition) is 0. The third-order valence-electron chi connectivity index (χ3n) is 4.75. The first kappa shape index (κ1) is 16.3. The lowest BCUT2D eigenvalue weighted by molar-refractivity contribution is 0.281. The fraction of sp³-hybridized carbons (Fsp3) is 0.316. The van der Waals surface area contributed by atoms with E-state index >= 15 is 0 Å².